The number of carboxylic acid groups (broad SMARTS) is 1. The van der Waals surface area contributed by atoms with Crippen LogP contribution < -0.4 is 5.32 Å². The Balaban J connectivity index is 2.21. The van der Waals surface area contributed by atoms with Gasteiger partial charge in [0.05, 0.1) is 11.8 Å². The molecule has 5 nitrogen and oxygen atoms in total. The molecule has 0 saturated carbocycles. The number of benzene rings is 1. The van der Waals surface area contributed by atoms with Gasteiger partial charge in [-0.15, -0.1) is 5.10 Å². The monoisotopic (exact) mass is 293 g/mol. The molecule has 2 rings (SSSR count). The minimum Gasteiger partial charge on any atom is -0.478 e. The lowest BCUT2D eigenvalue weighted by Crippen LogP contribution is -2.01. The van der Waals surface area contributed by atoms with E-state index in [0.717, 1.165) is 10.2 Å². The summed E-state index contributed by atoms with van der Waals surface area (Å²) < 4.78 is 0.966. The molecule has 0 saturated heterocycles. The van der Waals surface area contributed by atoms with Crippen molar-refractivity contribution in [2.45, 2.75) is 0 Å². The number of halogens is 1. The first-order valence-electron chi connectivity index (χ1n) is 4.74. The fourth-order valence-electron chi connectivity index (χ4n) is 1.23. The van der Waals surface area contributed by atoms with Crippen LogP contribution in [-0.2, 0) is 0 Å². The van der Waals surface area contributed by atoms with Gasteiger partial charge in [-0.25, -0.2) is 4.79 Å². The van der Waals surface area contributed by atoms with E-state index in [-0.39, 0.29) is 5.56 Å². The van der Waals surface area contributed by atoms with Crippen molar-refractivity contribution in [1.29, 1.82) is 0 Å². The molecule has 0 aliphatic heterocycles. The molecular formula is C11H8BrN3O2. The van der Waals surface area contributed by atoms with Crippen molar-refractivity contribution >= 4 is 33.4 Å². The summed E-state index contributed by atoms with van der Waals surface area (Å²) in [6.07, 6.45) is 1.20. The number of anilines is 2. The maximum atomic E-state index is 10.7. The lowest BCUT2D eigenvalue weighted by molar-refractivity contribution is 0.0696. The second-order valence-corrected chi connectivity index (χ2v) is 4.18. The van der Waals surface area contributed by atoms with E-state index in [4.69, 9.17) is 5.11 Å². The Hall–Kier alpha value is -1.95. The number of hydrogen-bond donors (Lipinski definition) is 2. The molecule has 6 heteroatoms. The molecule has 17 heavy (non-hydrogen) atoms. The normalized spacial score (nSPS) is 9.94. The Labute approximate surface area is 106 Å². The summed E-state index contributed by atoms with van der Waals surface area (Å²) in [5, 5.41) is 19.2. The van der Waals surface area contributed by atoms with Crippen LogP contribution in [-0.4, -0.2) is 21.3 Å². The maximum Gasteiger partial charge on any atom is 0.337 e. The molecule has 0 amide bonds. The van der Waals surface area contributed by atoms with Crippen LogP contribution >= 0.6 is 15.9 Å². The predicted octanol–water partition coefficient (Wildman–Crippen LogP) is 2.68. The van der Waals surface area contributed by atoms with Crippen LogP contribution in [0.1, 0.15) is 10.4 Å². The van der Waals surface area contributed by atoms with Crippen LogP contribution in [0.15, 0.2) is 41.0 Å². The Kier molecular flexibility index (Phi) is 3.34. The number of nitrogens with zero attached hydrogens (tertiary/aromatic N) is 2. The highest BCUT2D eigenvalue weighted by molar-refractivity contribution is 9.10. The number of aromatic carboxylic acids is 1. The van der Waals surface area contributed by atoms with Gasteiger partial charge in [0.15, 0.2) is 5.82 Å². The highest BCUT2D eigenvalue weighted by atomic mass is 79.9. The highest BCUT2D eigenvalue weighted by Gasteiger charge is 2.05. The number of carboxylic acids is 1. The second kappa shape index (κ2) is 4.92. The largest absolute Gasteiger partial charge is 0.478 e. The van der Waals surface area contributed by atoms with Crippen LogP contribution in [0, 0.1) is 0 Å². The molecule has 1 aromatic heterocycles. The van der Waals surface area contributed by atoms with Gasteiger partial charge in [-0.1, -0.05) is 15.9 Å². The van der Waals surface area contributed by atoms with E-state index in [9.17, 15) is 4.79 Å². The number of nitrogens with one attached hydrogen (secondary N) is 1. The van der Waals surface area contributed by atoms with Crippen molar-refractivity contribution < 1.29 is 9.90 Å². The Morgan fingerprint density at radius 1 is 1.29 bits per heavy atom. The van der Waals surface area contributed by atoms with Gasteiger partial charge >= 0.3 is 5.97 Å². The van der Waals surface area contributed by atoms with E-state index in [2.05, 4.69) is 31.4 Å². The number of aromatic nitrogens is 2. The first-order valence-corrected chi connectivity index (χ1v) is 5.53. The van der Waals surface area contributed by atoms with Gasteiger partial charge in [-0.2, -0.15) is 5.10 Å². The molecule has 0 atom stereocenters. The van der Waals surface area contributed by atoms with E-state index >= 15 is 0 Å². The number of hydrogen-bond acceptors (Lipinski definition) is 4. The second-order valence-electron chi connectivity index (χ2n) is 3.27. The van der Waals surface area contributed by atoms with E-state index in [1.165, 1.54) is 12.3 Å². The third-order valence-corrected chi connectivity index (χ3v) is 2.55. The Bertz CT molecular complexity index is 543. The molecule has 0 spiro atoms. The molecule has 2 aromatic rings. The molecule has 0 radical (unpaired) electrons. The number of rotatable bonds is 3. The van der Waals surface area contributed by atoms with Crippen LogP contribution in [0.2, 0.25) is 0 Å². The van der Waals surface area contributed by atoms with Gasteiger partial charge in [0, 0.05) is 10.2 Å². The molecule has 0 fully saturated rings. The van der Waals surface area contributed by atoms with Gasteiger partial charge in [0.2, 0.25) is 0 Å². The Morgan fingerprint density at radius 3 is 2.65 bits per heavy atom. The summed E-state index contributed by atoms with van der Waals surface area (Å²) >= 11 is 3.33. The summed E-state index contributed by atoms with van der Waals surface area (Å²) in [4.78, 5) is 10.7. The van der Waals surface area contributed by atoms with Gasteiger partial charge < -0.3 is 10.4 Å². The lowest BCUT2D eigenvalue weighted by atomic mass is 10.3. The minimum atomic E-state index is -1.03. The first-order chi connectivity index (χ1) is 8.15. The fourth-order valence-corrected chi connectivity index (χ4v) is 1.49. The topological polar surface area (TPSA) is 75.1 Å². The summed E-state index contributed by atoms with van der Waals surface area (Å²) in [6.45, 7) is 0. The third-order valence-electron chi connectivity index (χ3n) is 2.02. The van der Waals surface area contributed by atoms with Gasteiger partial charge in [-0.05, 0) is 30.3 Å². The third kappa shape index (κ3) is 3.01. The molecule has 0 bridgehead atoms. The smallest absolute Gasteiger partial charge is 0.337 e. The molecule has 0 unspecified atom stereocenters. The van der Waals surface area contributed by atoms with Crippen LogP contribution in [0.5, 0.6) is 0 Å². The van der Waals surface area contributed by atoms with E-state index in [1.807, 2.05) is 24.3 Å². The van der Waals surface area contributed by atoms with Crippen molar-refractivity contribution in [2.75, 3.05) is 5.32 Å². The molecule has 1 heterocycles. The van der Waals surface area contributed by atoms with Crippen molar-refractivity contribution in [3.63, 3.8) is 0 Å². The zero-order chi connectivity index (χ0) is 12.3. The van der Waals surface area contributed by atoms with Crippen LogP contribution in [0.4, 0.5) is 11.5 Å². The first kappa shape index (κ1) is 11.5. The quantitative estimate of drug-likeness (QED) is 0.910. The zero-order valence-electron chi connectivity index (χ0n) is 8.59. The van der Waals surface area contributed by atoms with Gasteiger partial charge in [0.25, 0.3) is 0 Å². The molecule has 86 valence electrons. The number of carbonyl (C=O) groups is 1. The summed E-state index contributed by atoms with van der Waals surface area (Å²) in [5.41, 5.74) is 0.907. The molecule has 1 aromatic carbocycles. The molecule has 0 aliphatic rings. The molecule has 2 N–H and O–H groups in total. The van der Waals surface area contributed by atoms with Crippen molar-refractivity contribution in [2.24, 2.45) is 0 Å². The maximum absolute atomic E-state index is 10.7. The van der Waals surface area contributed by atoms with Crippen molar-refractivity contribution in [3.05, 3.63) is 46.6 Å². The molecular weight excluding hydrogens is 286 g/mol. The summed E-state index contributed by atoms with van der Waals surface area (Å²) in [5.74, 6) is -0.633. The zero-order valence-corrected chi connectivity index (χ0v) is 10.2. The Morgan fingerprint density at radius 2 is 2.00 bits per heavy atom. The summed E-state index contributed by atoms with van der Waals surface area (Å²) in [6, 6.07) is 8.86. The van der Waals surface area contributed by atoms with Gasteiger partial charge in [0.1, 0.15) is 0 Å². The predicted molar refractivity (Wildman–Crippen MR) is 66.4 cm³/mol. The molecule has 0 aliphatic carbocycles. The van der Waals surface area contributed by atoms with E-state index in [1.54, 1.807) is 0 Å². The van der Waals surface area contributed by atoms with E-state index in [0.29, 0.717) is 5.82 Å². The average molecular weight is 294 g/mol. The highest BCUT2D eigenvalue weighted by Crippen LogP contribution is 2.17. The van der Waals surface area contributed by atoms with E-state index < -0.39 is 5.97 Å². The van der Waals surface area contributed by atoms with Crippen LogP contribution in [0.25, 0.3) is 0 Å². The summed E-state index contributed by atoms with van der Waals surface area (Å²) in [7, 11) is 0. The van der Waals surface area contributed by atoms with Crippen LogP contribution in [0.3, 0.4) is 0 Å². The fraction of sp³-hybridized carbons (Fsp3) is 0. The SMILES string of the molecule is O=C(O)c1cnnc(Nc2ccc(Br)cc2)c1. The lowest BCUT2D eigenvalue weighted by Gasteiger charge is -2.05. The minimum absolute atomic E-state index is 0.0969. The van der Waals surface area contributed by atoms with Crippen molar-refractivity contribution in [1.82, 2.24) is 10.2 Å². The average Bonchev–Trinajstić information content (AvgIpc) is 2.32. The standard InChI is InChI=1S/C11H8BrN3O2/c12-8-1-3-9(4-2-8)14-10-5-7(11(16)17)6-13-15-10/h1-6H,(H,14,15)(H,16,17). The van der Waals surface area contributed by atoms with Gasteiger partial charge in [-0.3, -0.25) is 0 Å². The van der Waals surface area contributed by atoms with Crippen molar-refractivity contribution in [3.8, 4) is 0 Å².